The molecule has 0 spiro atoms. The van der Waals surface area contributed by atoms with Gasteiger partial charge in [-0.15, -0.1) is 0 Å². The van der Waals surface area contributed by atoms with Crippen LogP contribution in [0.25, 0.3) is 0 Å². The fourth-order valence-corrected chi connectivity index (χ4v) is 2.44. The first-order valence-electron chi connectivity index (χ1n) is 6.42. The smallest absolute Gasteiger partial charge is 0.145 e. The third-order valence-electron chi connectivity index (χ3n) is 3.42. The van der Waals surface area contributed by atoms with Crippen LogP contribution < -0.4 is 5.32 Å². The minimum atomic E-state index is 0.381. The van der Waals surface area contributed by atoms with Gasteiger partial charge < -0.3 is 5.32 Å². The Morgan fingerprint density at radius 2 is 2.05 bits per heavy atom. The lowest BCUT2D eigenvalue weighted by Gasteiger charge is -2.07. The molecule has 94 valence electrons. The molecule has 0 radical (unpaired) electrons. The van der Waals surface area contributed by atoms with Crippen LogP contribution in [0, 0.1) is 11.3 Å². The summed E-state index contributed by atoms with van der Waals surface area (Å²) in [6.45, 7) is 0.717. The molecule has 0 unspecified atom stereocenters. The molecule has 1 aliphatic carbocycles. The van der Waals surface area contributed by atoms with Crippen molar-refractivity contribution in [1.82, 2.24) is 9.97 Å². The monoisotopic (exact) mass is 250 g/mol. The van der Waals surface area contributed by atoms with Gasteiger partial charge in [0.1, 0.15) is 23.9 Å². The van der Waals surface area contributed by atoms with E-state index in [1.807, 2.05) is 6.07 Å². The van der Waals surface area contributed by atoms with Gasteiger partial charge in [-0.2, -0.15) is 5.26 Å². The molecule has 1 aliphatic rings. The average Bonchev–Trinajstić information content (AvgIpc) is 2.93. The number of hydrogen-bond donors (Lipinski definition) is 1. The predicted molar refractivity (Wildman–Crippen MR) is 72.5 cm³/mol. The van der Waals surface area contributed by atoms with Crippen LogP contribution in [-0.2, 0) is 19.4 Å². The van der Waals surface area contributed by atoms with Crippen molar-refractivity contribution in [2.45, 2.75) is 25.8 Å². The molecule has 19 heavy (non-hydrogen) atoms. The molecule has 4 heteroatoms. The highest BCUT2D eigenvalue weighted by atomic mass is 15.0. The summed E-state index contributed by atoms with van der Waals surface area (Å²) in [6.07, 6.45) is 5.07. The summed E-state index contributed by atoms with van der Waals surface area (Å²) in [6, 6.07) is 10.3. The van der Waals surface area contributed by atoms with E-state index < -0.39 is 0 Å². The van der Waals surface area contributed by atoms with Gasteiger partial charge in [-0.05, 0) is 36.0 Å². The van der Waals surface area contributed by atoms with Gasteiger partial charge in [-0.25, -0.2) is 9.97 Å². The van der Waals surface area contributed by atoms with Gasteiger partial charge in [0.2, 0.25) is 0 Å². The molecule has 0 aliphatic heterocycles. The Morgan fingerprint density at radius 1 is 1.16 bits per heavy atom. The molecule has 3 rings (SSSR count). The quantitative estimate of drug-likeness (QED) is 0.908. The van der Waals surface area contributed by atoms with Crippen LogP contribution in [0.5, 0.6) is 0 Å². The summed E-state index contributed by atoms with van der Waals surface area (Å²) in [5.74, 6) is 0.687. The molecule has 1 aromatic heterocycles. The Bertz CT molecular complexity index is 643. The molecular weight excluding hydrogens is 236 g/mol. The van der Waals surface area contributed by atoms with Gasteiger partial charge in [0, 0.05) is 12.6 Å². The van der Waals surface area contributed by atoms with Crippen molar-refractivity contribution in [2.75, 3.05) is 5.32 Å². The summed E-state index contributed by atoms with van der Waals surface area (Å²) < 4.78 is 0. The molecule has 0 saturated carbocycles. The van der Waals surface area contributed by atoms with E-state index in [-0.39, 0.29) is 0 Å². The molecule has 4 nitrogen and oxygen atoms in total. The highest BCUT2D eigenvalue weighted by molar-refractivity contribution is 5.41. The van der Waals surface area contributed by atoms with Crippen molar-refractivity contribution in [3.05, 3.63) is 53.0 Å². The zero-order chi connectivity index (χ0) is 13.1. The van der Waals surface area contributed by atoms with E-state index in [9.17, 15) is 0 Å². The third-order valence-corrected chi connectivity index (χ3v) is 3.42. The third kappa shape index (κ3) is 2.55. The summed E-state index contributed by atoms with van der Waals surface area (Å²) in [5, 5.41) is 12.0. The standard InChI is InChI=1S/C15H14N4/c16-8-14-7-15(19-10-18-14)17-9-11-4-5-12-2-1-3-13(12)6-11/h4-7,10H,1-3,9H2,(H,17,18,19). The average molecular weight is 250 g/mol. The van der Waals surface area contributed by atoms with Crippen LogP contribution in [0.3, 0.4) is 0 Å². The molecule has 1 N–H and O–H groups in total. The number of nitrogens with one attached hydrogen (secondary N) is 1. The number of anilines is 1. The fraction of sp³-hybridized carbons (Fsp3) is 0.267. The lowest BCUT2D eigenvalue weighted by atomic mass is 10.1. The fourth-order valence-electron chi connectivity index (χ4n) is 2.44. The zero-order valence-corrected chi connectivity index (χ0v) is 10.6. The molecule has 2 aromatic rings. The molecule has 0 amide bonds. The number of benzene rings is 1. The van der Waals surface area contributed by atoms with Crippen molar-refractivity contribution in [1.29, 1.82) is 5.26 Å². The minimum Gasteiger partial charge on any atom is -0.366 e. The van der Waals surface area contributed by atoms with E-state index in [0.717, 1.165) is 6.54 Å². The van der Waals surface area contributed by atoms with Crippen LogP contribution in [0.2, 0.25) is 0 Å². The zero-order valence-electron chi connectivity index (χ0n) is 10.6. The van der Waals surface area contributed by atoms with Gasteiger partial charge in [0.15, 0.2) is 0 Å². The molecule has 1 aromatic carbocycles. The highest BCUT2D eigenvalue weighted by Crippen LogP contribution is 2.23. The molecular formula is C15H14N4. The Labute approximate surface area is 112 Å². The summed E-state index contributed by atoms with van der Waals surface area (Å²) in [7, 11) is 0. The Kier molecular flexibility index (Phi) is 3.11. The maximum absolute atomic E-state index is 8.79. The van der Waals surface area contributed by atoms with Crippen LogP contribution >= 0.6 is 0 Å². The van der Waals surface area contributed by atoms with E-state index in [1.165, 1.54) is 42.3 Å². The van der Waals surface area contributed by atoms with Crippen molar-refractivity contribution in [3.63, 3.8) is 0 Å². The second-order valence-electron chi connectivity index (χ2n) is 4.71. The topological polar surface area (TPSA) is 61.6 Å². The van der Waals surface area contributed by atoms with Gasteiger partial charge in [-0.3, -0.25) is 0 Å². The van der Waals surface area contributed by atoms with Gasteiger partial charge in [-0.1, -0.05) is 18.2 Å². The molecule has 0 atom stereocenters. The van der Waals surface area contributed by atoms with Crippen LogP contribution in [-0.4, -0.2) is 9.97 Å². The number of aromatic nitrogens is 2. The first-order chi connectivity index (χ1) is 9.35. The maximum atomic E-state index is 8.79. The van der Waals surface area contributed by atoms with E-state index in [4.69, 9.17) is 5.26 Å². The summed E-state index contributed by atoms with van der Waals surface area (Å²) in [4.78, 5) is 7.95. The van der Waals surface area contributed by atoms with E-state index in [1.54, 1.807) is 6.07 Å². The lowest BCUT2D eigenvalue weighted by Crippen LogP contribution is -2.02. The minimum absolute atomic E-state index is 0.381. The first-order valence-corrected chi connectivity index (χ1v) is 6.42. The Hall–Kier alpha value is -2.41. The molecule has 0 bridgehead atoms. The lowest BCUT2D eigenvalue weighted by molar-refractivity contribution is 0.911. The molecule has 0 saturated heterocycles. The summed E-state index contributed by atoms with van der Waals surface area (Å²) in [5.41, 5.74) is 4.58. The summed E-state index contributed by atoms with van der Waals surface area (Å²) >= 11 is 0. The molecule has 0 fully saturated rings. The normalized spacial score (nSPS) is 12.8. The van der Waals surface area contributed by atoms with E-state index in [0.29, 0.717) is 11.5 Å². The van der Waals surface area contributed by atoms with Gasteiger partial charge in [0.25, 0.3) is 0 Å². The number of rotatable bonds is 3. The van der Waals surface area contributed by atoms with Crippen molar-refractivity contribution < 1.29 is 0 Å². The number of nitrogens with zero attached hydrogens (tertiary/aromatic N) is 3. The predicted octanol–water partition coefficient (Wildman–Crippen LogP) is 2.45. The highest BCUT2D eigenvalue weighted by Gasteiger charge is 2.10. The van der Waals surface area contributed by atoms with Crippen molar-refractivity contribution in [2.24, 2.45) is 0 Å². The number of nitriles is 1. The first kappa shape index (κ1) is 11.7. The number of fused-ring (bicyclic) bond motifs is 1. The van der Waals surface area contributed by atoms with Gasteiger partial charge in [0.05, 0.1) is 0 Å². The van der Waals surface area contributed by atoms with Crippen LogP contribution in [0.4, 0.5) is 5.82 Å². The maximum Gasteiger partial charge on any atom is 0.145 e. The van der Waals surface area contributed by atoms with Crippen LogP contribution in [0.15, 0.2) is 30.6 Å². The second-order valence-corrected chi connectivity index (χ2v) is 4.71. The van der Waals surface area contributed by atoms with Crippen molar-refractivity contribution >= 4 is 5.82 Å². The second kappa shape index (κ2) is 5.07. The SMILES string of the molecule is N#Cc1cc(NCc2ccc3c(c2)CCC3)ncn1. The molecule has 1 heterocycles. The van der Waals surface area contributed by atoms with E-state index in [2.05, 4.69) is 33.5 Å². The Balaban J connectivity index is 1.70. The largest absolute Gasteiger partial charge is 0.366 e. The van der Waals surface area contributed by atoms with E-state index >= 15 is 0 Å². The number of aryl methyl sites for hydroxylation is 2. The number of hydrogen-bond acceptors (Lipinski definition) is 4. The Morgan fingerprint density at radius 3 is 2.95 bits per heavy atom. The van der Waals surface area contributed by atoms with Crippen LogP contribution in [0.1, 0.15) is 28.8 Å². The van der Waals surface area contributed by atoms with Crippen molar-refractivity contribution in [3.8, 4) is 6.07 Å². The van der Waals surface area contributed by atoms with Gasteiger partial charge >= 0.3 is 0 Å².